The van der Waals surface area contributed by atoms with E-state index in [0.29, 0.717) is 28.5 Å². The zero-order chi connectivity index (χ0) is 15.2. The van der Waals surface area contributed by atoms with Crippen molar-refractivity contribution in [3.8, 4) is 5.75 Å². The van der Waals surface area contributed by atoms with Gasteiger partial charge in [-0.2, -0.15) is 0 Å². The predicted molar refractivity (Wildman–Crippen MR) is 79.3 cm³/mol. The van der Waals surface area contributed by atoms with Crippen molar-refractivity contribution in [1.82, 2.24) is 5.43 Å². The molecule has 2 rings (SSSR count). The van der Waals surface area contributed by atoms with Crippen LogP contribution in [-0.4, -0.2) is 12.2 Å². The highest BCUT2D eigenvalue weighted by molar-refractivity contribution is 6.32. The molecule has 1 amide bonds. The SMILES string of the molecule is NNC(=O)c1ccc(COc2ccc(C=O)cc2Cl)cc1. The second-order valence-corrected chi connectivity index (χ2v) is 4.67. The Bertz CT molecular complexity index is 656. The van der Waals surface area contributed by atoms with Gasteiger partial charge in [-0.05, 0) is 35.9 Å². The van der Waals surface area contributed by atoms with Crippen molar-refractivity contribution in [2.24, 2.45) is 5.84 Å². The number of aldehydes is 1. The van der Waals surface area contributed by atoms with E-state index in [4.69, 9.17) is 22.2 Å². The Balaban J connectivity index is 2.03. The molecule has 0 aromatic heterocycles. The van der Waals surface area contributed by atoms with Crippen molar-refractivity contribution < 1.29 is 14.3 Å². The number of halogens is 1. The quantitative estimate of drug-likeness (QED) is 0.384. The van der Waals surface area contributed by atoms with Gasteiger partial charge in [-0.3, -0.25) is 15.0 Å². The van der Waals surface area contributed by atoms with Crippen LogP contribution in [0, 0.1) is 0 Å². The third kappa shape index (κ3) is 3.81. The molecule has 0 saturated carbocycles. The van der Waals surface area contributed by atoms with Gasteiger partial charge < -0.3 is 4.74 Å². The Labute approximate surface area is 126 Å². The van der Waals surface area contributed by atoms with Gasteiger partial charge in [0.05, 0.1) is 5.02 Å². The second kappa shape index (κ2) is 6.88. The Morgan fingerprint density at radius 3 is 2.52 bits per heavy atom. The lowest BCUT2D eigenvalue weighted by atomic mass is 10.1. The standard InChI is InChI=1S/C15H13ClN2O3/c16-13-7-11(8-19)3-6-14(13)21-9-10-1-4-12(5-2-10)15(20)18-17/h1-8H,9,17H2,(H,18,20). The Kier molecular flexibility index (Phi) is 4.92. The number of hydrazine groups is 1. The van der Waals surface area contributed by atoms with Crippen LogP contribution in [0.4, 0.5) is 0 Å². The molecule has 6 heteroatoms. The number of rotatable bonds is 5. The van der Waals surface area contributed by atoms with Crippen LogP contribution in [0.25, 0.3) is 0 Å². The fraction of sp³-hybridized carbons (Fsp3) is 0.0667. The van der Waals surface area contributed by atoms with Crippen LogP contribution in [0.1, 0.15) is 26.3 Å². The molecule has 0 radical (unpaired) electrons. The highest BCUT2D eigenvalue weighted by Crippen LogP contribution is 2.25. The summed E-state index contributed by atoms with van der Waals surface area (Å²) in [6.07, 6.45) is 0.719. The first-order chi connectivity index (χ1) is 10.1. The van der Waals surface area contributed by atoms with Gasteiger partial charge in [0, 0.05) is 11.1 Å². The van der Waals surface area contributed by atoms with Crippen molar-refractivity contribution in [3.63, 3.8) is 0 Å². The smallest absolute Gasteiger partial charge is 0.265 e. The van der Waals surface area contributed by atoms with Crippen molar-refractivity contribution in [2.75, 3.05) is 0 Å². The van der Waals surface area contributed by atoms with Gasteiger partial charge in [-0.15, -0.1) is 0 Å². The number of amides is 1. The topological polar surface area (TPSA) is 81.4 Å². The summed E-state index contributed by atoms with van der Waals surface area (Å²) in [4.78, 5) is 21.9. The first-order valence-corrected chi connectivity index (χ1v) is 6.49. The Morgan fingerprint density at radius 2 is 1.95 bits per heavy atom. The summed E-state index contributed by atoms with van der Waals surface area (Å²) in [7, 11) is 0. The van der Waals surface area contributed by atoms with Gasteiger partial charge >= 0.3 is 0 Å². The lowest BCUT2D eigenvalue weighted by Gasteiger charge is -2.09. The fourth-order valence-electron chi connectivity index (χ4n) is 1.70. The zero-order valence-corrected chi connectivity index (χ0v) is 11.8. The number of ether oxygens (including phenoxy) is 1. The third-order valence-corrected chi connectivity index (χ3v) is 3.13. The highest BCUT2D eigenvalue weighted by atomic mass is 35.5. The third-order valence-electron chi connectivity index (χ3n) is 2.83. The molecule has 0 saturated heterocycles. The molecule has 0 aliphatic heterocycles. The number of nitrogens with one attached hydrogen (secondary N) is 1. The summed E-state index contributed by atoms with van der Waals surface area (Å²) >= 11 is 6.01. The minimum Gasteiger partial charge on any atom is -0.487 e. The van der Waals surface area contributed by atoms with E-state index in [9.17, 15) is 9.59 Å². The molecule has 21 heavy (non-hydrogen) atoms. The van der Waals surface area contributed by atoms with E-state index in [1.807, 2.05) is 0 Å². The molecule has 0 heterocycles. The number of hydrogen-bond acceptors (Lipinski definition) is 4. The number of hydrogen-bond donors (Lipinski definition) is 2. The molecule has 3 N–H and O–H groups in total. The molecule has 0 unspecified atom stereocenters. The summed E-state index contributed by atoms with van der Waals surface area (Å²) in [6.45, 7) is 0.296. The molecular weight excluding hydrogens is 292 g/mol. The van der Waals surface area contributed by atoms with Gasteiger partial charge in [-0.25, -0.2) is 5.84 Å². The number of nitrogens with two attached hydrogens (primary N) is 1. The van der Waals surface area contributed by atoms with Crippen LogP contribution >= 0.6 is 11.6 Å². The van der Waals surface area contributed by atoms with E-state index >= 15 is 0 Å². The molecule has 5 nitrogen and oxygen atoms in total. The summed E-state index contributed by atoms with van der Waals surface area (Å²) in [5, 5.41) is 0.374. The minimum absolute atomic E-state index is 0.296. The number of carbonyl (C=O) groups excluding carboxylic acids is 2. The van der Waals surface area contributed by atoms with Gasteiger partial charge in [0.2, 0.25) is 0 Å². The Morgan fingerprint density at radius 1 is 1.24 bits per heavy atom. The highest BCUT2D eigenvalue weighted by Gasteiger charge is 2.05. The normalized spacial score (nSPS) is 10.0. The Hall–Kier alpha value is -2.37. The van der Waals surface area contributed by atoms with E-state index in [1.54, 1.807) is 42.5 Å². The van der Waals surface area contributed by atoms with Crippen molar-refractivity contribution >= 4 is 23.8 Å². The second-order valence-electron chi connectivity index (χ2n) is 4.27. The number of nitrogen functional groups attached to an aromatic ring is 1. The lowest BCUT2D eigenvalue weighted by Crippen LogP contribution is -2.29. The maximum atomic E-state index is 11.3. The van der Waals surface area contributed by atoms with Crippen LogP contribution in [0.2, 0.25) is 5.02 Å². The maximum Gasteiger partial charge on any atom is 0.265 e. The summed E-state index contributed by atoms with van der Waals surface area (Å²) in [5.74, 6) is 5.19. The predicted octanol–water partition coefficient (Wildman–Crippen LogP) is 2.33. The average Bonchev–Trinajstić information content (AvgIpc) is 2.53. The monoisotopic (exact) mass is 304 g/mol. The van der Waals surface area contributed by atoms with Crippen LogP contribution in [0.5, 0.6) is 5.75 Å². The zero-order valence-electron chi connectivity index (χ0n) is 11.0. The molecular formula is C15H13ClN2O3. The van der Waals surface area contributed by atoms with Crippen LogP contribution in [0.15, 0.2) is 42.5 Å². The van der Waals surface area contributed by atoms with Gasteiger partial charge in [0.15, 0.2) is 0 Å². The molecule has 0 atom stereocenters. The van der Waals surface area contributed by atoms with Gasteiger partial charge in [0.25, 0.3) is 5.91 Å². The number of carbonyl (C=O) groups is 2. The molecule has 108 valence electrons. The largest absolute Gasteiger partial charge is 0.487 e. The van der Waals surface area contributed by atoms with E-state index < -0.39 is 0 Å². The molecule has 0 aliphatic carbocycles. The number of benzene rings is 2. The van der Waals surface area contributed by atoms with Crippen molar-refractivity contribution in [1.29, 1.82) is 0 Å². The van der Waals surface area contributed by atoms with E-state index in [-0.39, 0.29) is 5.91 Å². The first kappa shape index (κ1) is 15.0. The van der Waals surface area contributed by atoms with Gasteiger partial charge in [0.1, 0.15) is 18.6 Å². The first-order valence-electron chi connectivity index (χ1n) is 6.11. The van der Waals surface area contributed by atoms with Crippen LogP contribution < -0.4 is 16.0 Å². The molecule has 0 bridgehead atoms. The molecule has 2 aromatic rings. The van der Waals surface area contributed by atoms with E-state index in [2.05, 4.69) is 5.43 Å². The summed E-state index contributed by atoms with van der Waals surface area (Å²) < 4.78 is 5.58. The summed E-state index contributed by atoms with van der Waals surface area (Å²) in [5.41, 5.74) is 3.89. The summed E-state index contributed by atoms with van der Waals surface area (Å²) in [6, 6.07) is 11.6. The molecule has 0 fully saturated rings. The average molecular weight is 305 g/mol. The minimum atomic E-state index is -0.352. The van der Waals surface area contributed by atoms with E-state index in [0.717, 1.165) is 11.8 Å². The van der Waals surface area contributed by atoms with Crippen LogP contribution in [0.3, 0.4) is 0 Å². The van der Waals surface area contributed by atoms with Crippen molar-refractivity contribution in [3.05, 3.63) is 64.2 Å². The molecule has 2 aromatic carbocycles. The molecule has 0 spiro atoms. The maximum absolute atomic E-state index is 11.3. The fourth-order valence-corrected chi connectivity index (χ4v) is 1.95. The van der Waals surface area contributed by atoms with E-state index in [1.165, 1.54) is 0 Å². The molecule has 0 aliphatic rings. The van der Waals surface area contributed by atoms with Gasteiger partial charge in [-0.1, -0.05) is 23.7 Å². The van der Waals surface area contributed by atoms with Crippen LogP contribution in [-0.2, 0) is 6.61 Å². The lowest BCUT2D eigenvalue weighted by molar-refractivity contribution is 0.0953. The van der Waals surface area contributed by atoms with Crippen molar-refractivity contribution in [2.45, 2.75) is 6.61 Å².